The van der Waals surface area contributed by atoms with Crippen LogP contribution in [-0.4, -0.2) is 103 Å². The van der Waals surface area contributed by atoms with Gasteiger partial charge in [0, 0.05) is 109 Å². The molecule has 146 valence electrons. The van der Waals surface area contributed by atoms with Crippen LogP contribution < -0.4 is 0 Å². The number of aliphatic carboxylic acids is 1. The topological polar surface area (TPSA) is 144 Å². The van der Waals surface area contributed by atoms with Gasteiger partial charge in [0.05, 0.1) is 25.4 Å². The van der Waals surface area contributed by atoms with Crippen molar-refractivity contribution >= 4 is 5.97 Å². The van der Waals surface area contributed by atoms with Crippen molar-refractivity contribution in [2.24, 2.45) is 0 Å². The maximum absolute atomic E-state index is 11.4. The van der Waals surface area contributed by atoms with Gasteiger partial charge in [0.15, 0.2) is 12.4 Å². The minimum absolute atomic E-state index is 0. The van der Waals surface area contributed by atoms with E-state index in [1.165, 1.54) is 14.2 Å². The molecule has 2 heterocycles. The Bertz CT molecular complexity index is 429. The predicted octanol–water partition coefficient (Wildman–Crippen LogP) is -2.29. The van der Waals surface area contributed by atoms with Crippen molar-refractivity contribution in [2.75, 3.05) is 27.4 Å². The van der Waals surface area contributed by atoms with Crippen LogP contribution in [0.25, 0.3) is 0 Å². The van der Waals surface area contributed by atoms with Gasteiger partial charge in [-0.2, -0.15) is 0 Å². The summed E-state index contributed by atoms with van der Waals surface area (Å²) in [7, 11) is 2.80. The number of carboxylic acid groups (broad SMARTS) is 1. The SMILES string of the molecule is COC1COC(C(=O)O)[C@H](O[C@@H]2OC(CO)CC(O)C2O)C1OC.[Ac].[Ac]. The molecule has 2 aliphatic heterocycles. The number of carbonyl (C=O) groups is 1. The average molecular weight is 806 g/mol. The summed E-state index contributed by atoms with van der Waals surface area (Å²) in [6.45, 7) is -0.372. The maximum Gasteiger partial charge on any atom is 0.335 e. The Labute approximate surface area is 222 Å². The van der Waals surface area contributed by atoms with Crippen LogP contribution in [0.2, 0.25) is 0 Å². The third-order valence-corrected chi connectivity index (χ3v) is 4.25. The van der Waals surface area contributed by atoms with E-state index in [2.05, 4.69) is 0 Å². The Balaban J connectivity index is 0.00000312. The number of rotatable bonds is 6. The van der Waals surface area contributed by atoms with Crippen molar-refractivity contribution in [3.63, 3.8) is 0 Å². The van der Waals surface area contributed by atoms with E-state index >= 15 is 0 Å². The van der Waals surface area contributed by atoms with E-state index in [9.17, 15) is 25.2 Å². The Hall–Kier alpha value is 2.03. The van der Waals surface area contributed by atoms with Gasteiger partial charge >= 0.3 is 5.97 Å². The van der Waals surface area contributed by atoms with Crippen LogP contribution >= 0.6 is 0 Å². The number of methoxy groups -OCH3 is 2. The van der Waals surface area contributed by atoms with Gasteiger partial charge < -0.3 is 44.1 Å². The smallest absolute Gasteiger partial charge is 0.335 e. The fourth-order valence-electron chi connectivity index (χ4n) is 2.92. The van der Waals surface area contributed by atoms with E-state index < -0.39 is 55.0 Å². The molecule has 0 bridgehead atoms. The zero-order valence-corrected chi connectivity index (χ0v) is 24.1. The second-order valence-electron chi connectivity index (χ2n) is 5.77. The number of carboxylic acids is 1. The molecule has 0 aromatic carbocycles. The second-order valence-corrected chi connectivity index (χ2v) is 5.77. The fourth-order valence-corrected chi connectivity index (χ4v) is 2.92. The predicted molar refractivity (Wildman–Crippen MR) is 76.2 cm³/mol. The summed E-state index contributed by atoms with van der Waals surface area (Å²) in [6.07, 6.45) is -8.47. The van der Waals surface area contributed by atoms with Gasteiger partial charge in [-0.05, 0) is 0 Å². The van der Waals surface area contributed by atoms with Gasteiger partial charge in [0.25, 0.3) is 0 Å². The molecule has 0 spiro atoms. The molecule has 2 radical (unpaired) electrons. The average Bonchev–Trinajstić information content (AvgIpc) is 2.57. The van der Waals surface area contributed by atoms with Crippen molar-refractivity contribution in [1.29, 1.82) is 0 Å². The quantitative estimate of drug-likeness (QED) is 0.232. The first-order valence-corrected chi connectivity index (χ1v) is 7.60. The molecule has 0 aromatic rings. The summed E-state index contributed by atoms with van der Waals surface area (Å²) in [4.78, 5) is 11.4. The van der Waals surface area contributed by atoms with E-state index in [4.69, 9.17) is 23.7 Å². The molecule has 6 unspecified atom stereocenters. The molecular formula is C14H24Ac2O10. The zero-order chi connectivity index (χ0) is 17.9. The van der Waals surface area contributed by atoms with Crippen LogP contribution in [0.15, 0.2) is 0 Å². The third kappa shape index (κ3) is 6.79. The molecule has 8 atom stereocenters. The molecule has 2 rings (SSSR count). The molecular weight excluding hydrogens is 782 g/mol. The first-order valence-electron chi connectivity index (χ1n) is 7.60. The van der Waals surface area contributed by atoms with Gasteiger partial charge in [-0.25, -0.2) is 4.79 Å². The number of ether oxygens (including phenoxy) is 5. The Morgan fingerprint density at radius 2 is 1.81 bits per heavy atom. The van der Waals surface area contributed by atoms with Crippen LogP contribution in [0.5, 0.6) is 0 Å². The third-order valence-electron chi connectivity index (χ3n) is 4.25. The summed E-state index contributed by atoms with van der Waals surface area (Å²) in [5, 5.41) is 38.4. The standard InChI is InChI=1S/C14H24O10.2Ac/c1-20-8-5-22-12(13(18)19)11(10(8)21-2)24-14-9(17)7(16)3-6(4-15)23-14;;/h6-12,14-17H,3-5H2,1-2H3,(H,18,19);;/t6?,7?,8?,9?,10?,11-,12?,14+;;/m1../s1. The maximum atomic E-state index is 11.4. The van der Waals surface area contributed by atoms with E-state index in [-0.39, 0.29) is 108 Å². The van der Waals surface area contributed by atoms with Crippen LogP contribution in [0.1, 0.15) is 6.42 Å². The minimum atomic E-state index is -1.40. The molecule has 2 fully saturated rings. The molecule has 0 saturated carbocycles. The fraction of sp³-hybridized carbons (Fsp3) is 0.929. The van der Waals surface area contributed by atoms with Crippen molar-refractivity contribution in [1.82, 2.24) is 0 Å². The Kier molecular flexibility index (Phi) is 14.4. The summed E-state index contributed by atoms with van der Waals surface area (Å²) in [5.74, 6) is -1.26. The first kappa shape index (κ1) is 28.0. The number of hydrogen-bond acceptors (Lipinski definition) is 9. The number of aliphatic hydroxyl groups is 3. The van der Waals surface area contributed by atoms with Crippen molar-refractivity contribution in [3.8, 4) is 0 Å². The first-order chi connectivity index (χ1) is 11.4. The molecule has 26 heavy (non-hydrogen) atoms. The van der Waals surface area contributed by atoms with Crippen molar-refractivity contribution in [3.05, 3.63) is 0 Å². The van der Waals surface area contributed by atoms with Gasteiger partial charge in [0.1, 0.15) is 24.4 Å². The normalized spacial score (nSPS) is 40.2. The molecule has 2 saturated heterocycles. The van der Waals surface area contributed by atoms with E-state index in [0.29, 0.717) is 0 Å². The van der Waals surface area contributed by atoms with E-state index in [1.54, 1.807) is 0 Å². The van der Waals surface area contributed by atoms with Gasteiger partial charge in [-0.3, -0.25) is 0 Å². The largest absolute Gasteiger partial charge is 0.479 e. The van der Waals surface area contributed by atoms with Gasteiger partial charge in [0.2, 0.25) is 0 Å². The molecule has 4 N–H and O–H groups in total. The molecule has 2 aliphatic rings. The van der Waals surface area contributed by atoms with Gasteiger partial charge in [-0.15, -0.1) is 0 Å². The number of aliphatic hydroxyl groups excluding tert-OH is 3. The second kappa shape index (κ2) is 13.4. The Morgan fingerprint density at radius 3 is 2.31 bits per heavy atom. The van der Waals surface area contributed by atoms with Gasteiger partial charge in [-0.1, -0.05) is 0 Å². The minimum Gasteiger partial charge on any atom is -0.479 e. The van der Waals surface area contributed by atoms with Crippen LogP contribution in [0, 0.1) is 88.1 Å². The zero-order valence-electron chi connectivity index (χ0n) is 14.6. The van der Waals surface area contributed by atoms with Crippen LogP contribution in [0.3, 0.4) is 0 Å². The summed E-state index contributed by atoms with van der Waals surface area (Å²) in [6, 6.07) is 0. The summed E-state index contributed by atoms with van der Waals surface area (Å²) < 4.78 is 26.8. The summed E-state index contributed by atoms with van der Waals surface area (Å²) >= 11 is 0. The van der Waals surface area contributed by atoms with E-state index in [0.717, 1.165) is 0 Å². The molecule has 0 amide bonds. The number of hydrogen-bond donors (Lipinski definition) is 4. The molecule has 12 heteroatoms. The van der Waals surface area contributed by atoms with Crippen molar-refractivity contribution < 1.29 is 137 Å². The van der Waals surface area contributed by atoms with E-state index in [1.807, 2.05) is 0 Å². The molecule has 0 aromatic heterocycles. The van der Waals surface area contributed by atoms with Crippen LogP contribution in [0.4, 0.5) is 0 Å². The van der Waals surface area contributed by atoms with Crippen LogP contribution in [-0.2, 0) is 28.5 Å². The molecule has 0 aliphatic carbocycles. The molecule has 10 nitrogen and oxygen atoms in total. The monoisotopic (exact) mass is 806 g/mol. The van der Waals surface area contributed by atoms with Crippen molar-refractivity contribution in [2.45, 2.75) is 55.4 Å². The summed E-state index contributed by atoms with van der Waals surface area (Å²) in [5.41, 5.74) is 0. The Morgan fingerprint density at radius 1 is 1.15 bits per heavy atom.